The third kappa shape index (κ3) is 8.58. The van der Waals surface area contributed by atoms with E-state index in [1.807, 2.05) is 20.8 Å². The molecule has 0 saturated carbocycles. The summed E-state index contributed by atoms with van der Waals surface area (Å²) in [5.41, 5.74) is 7.93. The Balaban J connectivity index is 1.94. The molecule has 0 aromatic heterocycles. The monoisotopic (exact) mass is 572 g/mol. The molecule has 2 aromatic carbocycles. The van der Waals surface area contributed by atoms with Crippen LogP contribution in [0.4, 0.5) is 0 Å². The normalized spacial score (nSPS) is 16.1. The van der Waals surface area contributed by atoms with Crippen molar-refractivity contribution in [2.24, 2.45) is 17.8 Å². The minimum absolute atomic E-state index is 0.0113. The summed E-state index contributed by atoms with van der Waals surface area (Å²) in [6.45, 7) is 12.0. The van der Waals surface area contributed by atoms with Crippen LogP contribution in [0.2, 0.25) is 0 Å². The lowest BCUT2D eigenvalue weighted by Gasteiger charge is -2.33. The van der Waals surface area contributed by atoms with Gasteiger partial charge in [-0.1, -0.05) is 70.9 Å². The fraction of sp³-hybridized carbons (Fsp3) is 0.579. The van der Waals surface area contributed by atoms with Crippen LogP contribution >= 0.6 is 0 Å². The Morgan fingerprint density at radius 1 is 0.929 bits per heavy atom. The molecule has 2 aromatic rings. The van der Waals surface area contributed by atoms with E-state index in [0.717, 1.165) is 80.0 Å². The molecule has 3 rings (SSSR count). The van der Waals surface area contributed by atoms with Crippen molar-refractivity contribution < 1.29 is 19.2 Å². The Morgan fingerprint density at radius 3 is 2.33 bits per heavy atom. The molecule has 3 atom stereocenters. The molecule has 0 bridgehead atoms. The van der Waals surface area contributed by atoms with Crippen LogP contribution in [-0.2, 0) is 33.6 Å². The quantitative estimate of drug-likeness (QED) is 0.177. The van der Waals surface area contributed by atoms with Gasteiger partial charge in [0.25, 0.3) is 0 Å². The van der Waals surface area contributed by atoms with Gasteiger partial charge in [0, 0.05) is 30.7 Å². The van der Waals surface area contributed by atoms with Crippen molar-refractivity contribution in [3.63, 3.8) is 0 Å². The number of carbonyl (C=O) groups is 4. The summed E-state index contributed by atoms with van der Waals surface area (Å²) >= 11 is 0. The van der Waals surface area contributed by atoms with Gasteiger partial charge in [-0.25, -0.2) is 0 Å². The maximum atomic E-state index is 13.7. The highest BCUT2D eigenvalue weighted by atomic mass is 16.1. The minimum atomic E-state index is -0.130. The van der Waals surface area contributed by atoms with Crippen molar-refractivity contribution in [2.75, 3.05) is 0 Å². The van der Waals surface area contributed by atoms with Crippen LogP contribution in [-0.4, -0.2) is 23.1 Å². The number of fused-ring (bicyclic) bond motifs is 1. The Hall–Kier alpha value is -2.88. The molecular formula is C38H52O4. The molecule has 1 aliphatic carbocycles. The smallest absolute Gasteiger partial charge is 0.163 e. The standard InChI is InChI=1S/C38H52O4/c1-7-12-30(32(10-4)36(41)20-26(6)39)21-28-23-35-33(19-16-25(5)38(35)37(42)24-28)34-22-27(17-18-29(34)9-3)14-11-15-31(40)13-8-2/h16-19,22,28,30,32H,7-15,20-21,23-24H2,1-6H3. The predicted molar refractivity (Wildman–Crippen MR) is 172 cm³/mol. The van der Waals surface area contributed by atoms with Gasteiger partial charge in [-0.3, -0.25) is 19.2 Å². The molecule has 0 amide bonds. The lowest BCUT2D eigenvalue weighted by molar-refractivity contribution is -0.130. The maximum Gasteiger partial charge on any atom is 0.163 e. The average molecular weight is 573 g/mol. The van der Waals surface area contributed by atoms with Crippen LogP contribution < -0.4 is 0 Å². The number of carbonyl (C=O) groups excluding carboxylic acids is 4. The zero-order valence-corrected chi connectivity index (χ0v) is 26.9. The lowest BCUT2D eigenvalue weighted by Crippen LogP contribution is -2.30. The molecule has 0 fully saturated rings. The number of ketones is 4. The Kier molecular flexibility index (Phi) is 12.9. The van der Waals surface area contributed by atoms with E-state index in [2.05, 4.69) is 44.2 Å². The van der Waals surface area contributed by atoms with Crippen molar-refractivity contribution in [3.05, 3.63) is 58.1 Å². The van der Waals surface area contributed by atoms with Crippen molar-refractivity contribution in [2.45, 2.75) is 125 Å². The van der Waals surface area contributed by atoms with Crippen LogP contribution in [0.15, 0.2) is 30.3 Å². The third-order valence-electron chi connectivity index (χ3n) is 9.20. The highest BCUT2D eigenvalue weighted by Gasteiger charge is 2.34. The molecule has 4 heteroatoms. The molecule has 0 spiro atoms. The van der Waals surface area contributed by atoms with Crippen molar-refractivity contribution in [3.8, 4) is 11.1 Å². The summed E-state index contributed by atoms with van der Waals surface area (Å²) in [4.78, 5) is 50.5. The van der Waals surface area contributed by atoms with Gasteiger partial charge in [-0.2, -0.15) is 0 Å². The van der Waals surface area contributed by atoms with Gasteiger partial charge >= 0.3 is 0 Å². The fourth-order valence-corrected chi connectivity index (χ4v) is 7.22. The summed E-state index contributed by atoms with van der Waals surface area (Å²) in [7, 11) is 0. The topological polar surface area (TPSA) is 68.3 Å². The molecule has 42 heavy (non-hydrogen) atoms. The summed E-state index contributed by atoms with van der Waals surface area (Å²) in [5.74, 6) is 0.774. The van der Waals surface area contributed by atoms with Gasteiger partial charge in [0.1, 0.15) is 17.3 Å². The van der Waals surface area contributed by atoms with Crippen LogP contribution in [0.25, 0.3) is 11.1 Å². The molecule has 0 heterocycles. The van der Waals surface area contributed by atoms with Crippen LogP contribution in [0.1, 0.15) is 131 Å². The van der Waals surface area contributed by atoms with E-state index in [4.69, 9.17) is 0 Å². The first-order valence-electron chi connectivity index (χ1n) is 16.4. The molecule has 228 valence electrons. The van der Waals surface area contributed by atoms with E-state index >= 15 is 0 Å². The summed E-state index contributed by atoms with van der Waals surface area (Å²) in [6, 6.07) is 11.0. The largest absolute Gasteiger partial charge is 0.300 e. The number of benzene rings is 2. The fourth-order valence-electron chi connectivity index (χ4n) is 7.22. The van der Waals surface area contributed by atoms with Crippen LogP contribution in [0, 0.1) is 24.7 Å². The number of hydrogen-bond donors (Lipinski definition) is 0. The van der Waals surface area contributed by atoms with Gasteiger partial charge in [-0.05, 0) is 104 Å². The molecule has 4 nitrogen and oxygen atoms in total. The van der Waals surface area contributed by atoms with E-state index in [1.165, 1.54) is 23.6 Å². The number of hydrogen-bond acceptors (Lipinski definition) is 4. The first-order valence-corrected chi connectivity index (χ1v) is 16.4. The van der Waals surface area contributed by atoms with Gasteiger partial charge < -0.3 is 0 Å². The van der Waals surface area contributed by atoms with Crippen LogP contribution in [0.5, 0.6) is 0 Å². The summed E-state index contributed by atoms with van der Waals surface area (Å²) in [5, 5.41) is 0. The Labute approximate surface area is 254 Å². The molecular weight excluding hydrogens is 520 g/mol. The van der Waals surface area contributed by atoms with E-state index in [-0.39, 0.29) is 41.5 Å². The first kappa shape index (κ1) is 33.6. The minimum Gasteiger partial charge on any atom is -0.300 e. The predicted octanol–water partition coefficient (Wildman–Crippen LogP) is 9.04. The molecule has 1 aliphatic rings. The van der Waals surface area contributed by atoms with Crippen molar-refractivity contribution in [1.29, 1.82) is 0 Å². The SMILES string of the molecule is CCCC(=O)CCCc1ccc(CC)c(-c2ccc(C)c3c2CC(CC(CCC)C(CC)C(=O)CC(C)=O)CC3=O)c1. The Bertz CT molecular complexity index is 1270. The molecule has 0 saturated heterocycles. The van der Waals surface area contributed by atoms with Gasteiger partial charge in [-0.15, -0.1) is 0 Å². The second-order valence-electron chi connectivity index (χ2n) is 12.6. The average Bonchev–Trinajstić information content (AvgIpc) is 2.93. The van der Waals surface area contributed by atoms with E-state index in [9.17, 15) is 19.2 Å². The van der Waals surface area contributed by atoms with Gasteiger partial charge in [0.2, 0.25) is 0 Å². The molecule has 0 aliphatic heterocycles. The Morgan fingerprint density at radius 2 is 1.69 bits per heavy atom. The number of rotatable bonds is 17. The third-order valence-corrected chi connectivity index (χ3v) is 9.20. The number of Topliss-reactive ketones (excluding diaryl/α,β-unsaturated/α-hetero) is 4. The van der Waals surface area contributed by atoms with Crippen LogP contribution in [0.3, 0.4) is 0 Å². The van der Waals surface area contributed by atoms with E-state index in [1.54, 1.807) is 0 Å². The summed E-state index contributed by atoms with van der Waals surface area (Å²) < 4.78 is 0. The molecule has 3 unspecified atom stereocenters. The van der Waals surface area contributed by atoms with Gasteiger partial charge in [0.05, 0.1) is 6.42 Å². The number of aryl methyl sites for hydroxylation is 3. The van der Waals surface area contributed by atoms with E-state index < -0.39 is 0 Å². The van der Waals surface area contributed by atoms with E-state index in [0.29, 0.717) is 25.0 Å². The molecule has 0 N–H and O–H groups in total. The zero-order valence-electron chi connectivity index (χ0n) is 26.9. The second kappa shape index (κ2) is 16.1. The maximum absolute atomic E-state index is 13.7. The van der Waals surface area contributed by atoms with Crippen molar-refractivity contribution >= 4 is 23.1 Å². The second-order valence-corrected chi connectivity index (χ2v) is 12.6. The first-order chi connectivity index (χ1) is 20.1. The highest BCUT2D eigenvalue weighted by Crippen LogP contribution is 2.41. The summed E-state index contributed by atoms with van der Waals surface area (Å²) in [6.07, 6.45) is 9.65. The zero-order chi connectivity index (χ0) is 30.8. The molecule has 0 radical (unpaired) electrons. The van der Waals surface area contributed by atoms with Gasteiger partial charge in [0.15, 0.2) is 5.78 Å². The van der Waals surface area contributed by atoms with Crippen molar-refractivity contribution in [1.82, 2.24) is 0 Å². The highest BCUT2D eigenvalue weighted by molar-refractivity contribution is 6.02. The lowest BCUT2D eigenvalue weighted by atomic mass is 9.71.